The van der Waals surface area contributed by atoms with Crippen molar-refractivity contribution >= 4 is 17.5 Å². The first-order chi connectivity index (χ1) is 15.1. The fourth-order valence-electron chi connectivity index (χ4n) is 4.59. The second kappa shape index (κ2) is 9.02. The van der Waals surface area contributed by atoms with Crippen molar-refractivity contribution in [2.75, 3.05) is 6.54 Å². The molecule has 174 valence electrons. The first-order valence-electron chi connectivity index (χ1n) is 10.7. The number of hydrogen-bond donors (Lipinski definition) is 1. The van der Waals surface area contributed by atoms with E-state index in [-0.39, 0.29) is 65.8 Å². The van der Waals surface area contributed by atoms with E-state index >= 15 is 0 Å². The Kier molecular flexibility index (Phi) is 6.49. The number of halogens is 5. The summed E-state index contributed by atoms with van der Waals surface area (Å²) in [5.41, 5.74) is -0.463. The maximum atomic E-state index is 14.3. The van der Waals surface area contributed by atoms with Gasteiger partial charge in [-0.25, -0.2) is 4.39 Å². The molecule has 0 saturated heterocycles. The van der Waals surface area contributed by atoms with Gasteiger partial charge in [0, 0.05) is 29.1 Å². The van der Waals surface area contributed by atoms with Crippen molar-refractivity contribution in [2.45, 2.75) is 63.9 Å². The predicted molar refractivity (Wildman–Crippen MR) is 109 cm³/mol. The lowest BCUT2D eigenvalue weighted by atomic mass is 9.85. The lowest BCUT2D eigenvalue weighted by molar-refractivity contribution is -0.142. The lowest BCUT2D eigenvalue weighted by Gasteiger charge is -2.31. The molecule has 1 aromatic carbocycles. The van der Waals surface area contributed by atoms with Crippen molar-refractivity contribution in [1.29, 1.82) is 0 Å². The van der Waals surface area contributed by atoms with Gasteiger partial charge in [0.05, 0.1) is 24.9 Å². The van der Waals surface area contributed by atoms with Crippen molar-refractivity contribution in [3.05, 3.63) is 51.6 Å². The standard InChI is InChI=1S/C22H24ClF4N3O2/c23-15-4-3-14(18(24)10-15)11-30-19-12-29(8-7-17(19)21(28-30)22(25,26)27)20(32)9-13-1-5-16(31)6-2-13/h3-4,10,13,16,31H,1-2,5-9,11-12H2. The SMILES string of the molecule is O=C(CC1CCC(O)CC1)N1CCc2c(C(F)(F)F)nn(Cc3ccc(Cl)cc3F)c2C1. The number of rotatable bonds is 4. The summed E-state index contributed by atoms with van der Waals surface area (Å²) in [6.45, 7) is -0.00296. The molecule has 1 N–H and O–H groups in total. The maximum absolute atomic E-state index is 14.3. The summed E-state index contributed by atoms with van der Waals surface area (Å²) in [5, 5.41) is 13.6. The molecule has 10 heteroatoms. The molecule has 0 unspecified atom stereocenters. The number of aliphatic hydroxyl groups is 1. The first-order valence-corrected chi connectivity index (χ1v) is 11.0. The molecule has 1 amide bonds. The van der Waals surface area contributed by atoms with E-state index < -0.39 is 17.7 Å². The van der Waals surface area contributed by atoms with Crippen molar-refractivity contribution in [3.8, 4) is 0 Å². The lowest BCUT2D eigenvalue weighted by Crippen LogP contribution is -2.38. The van der Waals surface area contributed by atoms with E-state index in [4.69, 9.17) is 11.6 Å². The molecule has 1 saturated carbocycles. The van der Waals surface area contributed by atoms with E-state index in [1.165, 1.54) is 12.1 Å². The van der Waals surface area contributed by atoms with Crippen LogP contribution in [0.25, 0.3) is 0 Å². The van der Waals surface area contributed by atoms with Gasteiger partial charge in [0.15, 0.2) is 5.69 Å². The Labute approximate surface area is 188 Å². The van der Waals surface area contributed by atoms with Crippen molar-refractivity contribution in [1.82, 2.24) is 14.7 Å². The van der Waals surface area contributed by atoms with Gasteiger partial charge in [0.2, 0.25) is 5.91 Å². The quantitative estimate of drug-likeness (QED) is 0.662. The number of aliphatic hydroxyl groups excluding tert-OH is 1. The molecule has 0 bridgehead atoms. The number of hydrogen-bond acceptors (Lipinski definition) is 3. The highest BCUT2D eigenvalue weighted by Gasteiger charge is 2.41. The Balaban J connectivity index is 1.56. The molecule has 0 atom stereocenters. The largest absolute Gasteiger partial charge is 0.435 e. The van der Waals surface area contributed by atoms with Gasteiger partial charge in [-0.1, -0.05) is 17.7 Å². The van der Waals surface area contributed by atoms with E-state index in [1.807, 2.05) is 0 Å². The number of amides is 1. The van der Waals surface area contributed by atoms with Crippen molar-refractivity contribution in [2.24, 2.45) is 5.92 Å². The van der Waals surface area contributed by atoms with Crippen LogP contribution < -0.4 is 0 Å². The highest BCUT2D eigenvalue weighted by Crippen LogP contribution is 2.36. The Bertz CT molecular complexity index is 1000. The summed E-state index contributed by atoms with van der Waals surface area (Å²) in [4.78, 5) is 14.4. The van der Waals surface area contributed by atoms with E-state index in [0.717, 1.165) is 23.6 Å². The van der Waals surface area contributed by atoms with Gasteiger partial charge in [-0.05, 0) is 50.2 Å². The summed E-state index contributed by atoms with van der Waals surface area (Å²) in [7, 11) is 0. The molecule has 5 nitrogen and oxygen atoms in total. The number of fused-ring (bicyclic) bond motifs is 1. The maximum Gasteiger partial charge on any atom is 0.435 e. The predicted octanol–water partition coefficient (Wildman–Crippen LogP) is 4.57. The molecule has 2 aromatic rings. The highest BCUT2D eigenvalue weighted by molar-refractivity contribution is 6.30. The Morgan fingerprint density at radius 2 is 1.94 bits per heavy atom. The number of alkyl halides is 3. The third-order valence-electron chi connectivity index (χ3n) is 6.37. The van der Waals surface area contributed by atoms with Crippen LogP contribution in [-0.4, -0.2) is 38.3 Å². The van der Waals surface area contributed by atoms with Crippen molar-refractivity contribution < 1.29 is 27.5 Å². The zero-order chi connectivity index (χ0) is 23.0. The van der Waals surface area contributed by atoms with E-state index in [9.17, 15) is 27.5 Å². The van der Waals surface area contributed by atoms with Gasteiger partial charge in [-0.15, -0.1) is 0 Å². The number of nitrogens with zero attached hydrogens (tertiary/aromatic N) is 3. The zero-order valence-corrected chi connectivity index (χ0v) is 18.1. The van der Waals surface area contributed by atoms with Gasteiger partial charge in [0.25, 0.3) is 0 Å². The third-order valence-corrected chi connectivity index (χ3v) is 6.61. The van der Waals surface area contributed by atoms with E-state index in [1.54, 1.807) is 4.90 Å². The minimum atomic E-state index is -4.64. The normalized spacial score (nSPS) is 21.5. The zero-order valence-electron chi connectivity index (χ0n) is 17.3. The number of aromatic nitrogens is 2. The van der Waals surface area contributed by atoms with Crippen molar-refractivity contribution in [3.63, 3.8) is 0 Å². The molecule has 0 radical (unpaired) electrons. The molecule has 0 spiro atoms. The Morgan fingerprint density at radius 3 is 2.59 bits per heavy atom. The second-order valence-electron chi connectivity index (χ2n) is 8.61. The fourth-order valence-corrected chi connectivity index (χ4v) is 4.75. The van der Waals surface area contributed by atoms with Crippen LogP contribution in [0, 0.1) is 11.7 Å². The number of carbonyl (C=O) groups is 1. The number of benzene rings is 1. The molecule has 4 rings (SSSR count). The minimum absolute atomic E-state index is 0.00179. The topological polar surface area (TPSA) is 58.4 Å². The minimum Gasteiger partial charge on any atom is -0.393 e. The number of carbonyl (C=O) groups excluding carboxylic acids is 1. The molecular formula is C22H24ClF4N3O2. The highest BCUT2D eigenvalue weighted by atomic mass is 35.5. The Hall–Kier alpha value is -2.13. The molecule has 1 aromatic heterocycles. The van der Waals surface area contributed by atoms with Crippen LogP contribution >= 0.6 is 11.6 Å². The first kappa shape index (κ1) is 23.0. The molecular weight excluding hydrogens is 450 g/mol. The monoisotopic (exact) mass is 473 g/mol. The summed E-state index contributed by atoms with van der Waals surface area (Å²) < 4.78 is 56.2. The van der Waals surface area contributed by atoms with Crippen LogP contribution in [0.1, 0.15) is 54.6 Å². The summed E-state index contributed by atoms with van der Waals surface area (Å²) in [5.74, 6) is -0.569. The van der Waals surface area contributed by atoms with Crippen LogP contribution in [0.4, 0.5) is 17.6 Å². The average molecular weight is 474 g/mol. The van der Waals surface area contributed by atoms with Gasteiger partial charge in [-0.3, -0.25) is 9.48 Å². The Morgan fingerprint density at radius 1 is 1.22 bits per heavy atom. The molecule has 1 aliphatic heterocycles. The van der Waals surface area contributed by atoms with E-state index in [2.05, 4.69) is 5.10 Å². The van der Waals surface area contributed by atoms with Crippen LogP contribution in [0.5, 0.6) is 0 Å². The fraction of sp³-hybridized carbons (Fsp3) is 0.545. The molecule has 2 aliphatic rings. The molecule has 1 fully saturated rings. The summed E-state index contributed by atoms with van der Waals surface area (Å²) in [6.07, 6.45) is -1.75. The van der Waals surface area contributed by atoms with Crippen LogP contribution in [0.2, 0.25) is 5.02 Å². The van der Waals surface area contributed by atoms with E-state index in [0.29, 0.717) is 19.3 Å². The average Bonchev–Trinajstić information content (AvgIpc) is 3.10. The van der Waals surface area contributed by atoms with Gasteiger partial charge in [0.1, 0.15) is 5.82 Å². The summed E-state index contributed by atoms with van der Waals surface area (Å²) in [6, 6.07) is 3.99. The van der Waals surface area contributed by atoms with Crippen LogP contribution in [0.15, 0.2) is 18.2 Å². The van der Waals surface area contributed by atoms with Gasteiger partial charge < -0.3 is 10.0 Å². The second-order valence-corrected chi connectivity index (χ2v) is 9.05. The molecule has 32 heavy (non-hydrogen) atoms. The van der Waals surface area contributed by atoms with Gasteiger partial charge in [-0.2, -0.15) is 18.3 Å². The third kappa shape index (κ3) is 4.93. The molecule has 2 heterocycles. The smallest absolute Gasteiger partial charge is 0.393 e. The summed E-state index contributed by atoms with van der Waals surface area (Å²) >= 11 is 5.77. The van der Waals surface area contributed by atoms with Crippen LogP contribution in [-0.2, 0) is 30.5 Å². The van der Waals surface area contributed by atoms with Crippen LogP contribution in [0.3, 0.4) is 0 Å². The van der Waals surface area contributed by atoms with Gasteiger partial charge >= 0.3 is 6.18 Å². The molecule has 1 aliphatic carbocycles.